The molecule has 0 amide bonds. The molecule has 2 aromatic rings. The van der Waals surface area contributed by atoms with Crippen LogP contribution in [0.15, 0.2) is 36.4 Å². The quantitative estimate of drug-likeness (QED) is 0.787. The van der Waals surface area contributed by atoms with E-state index < -0.39 is 0 Å². The number of aryl methyl sites for hydroxylation is 1. The third-order valence-corrected chi connectivity index (χ3v) is 5.08. The first-order chi connectivity index (χ1) is 11.2. The number of hydrogen-bond donors (Lipinski definition) is 0. The average molecular weight is 310 g/mol. The van der Waals surface area contributed by atoms with Crippen molar-refractivity contribution in [2.45, 2.75) is 45.4 Å². The summed E-state index contributed by atoms with van der Waals surface area (Å²) in [5.74, 6) is 2.42. The molecule has 3 rings (SSSR count). The van der Waals surface area contributed by atoms with E-state index >= 15 is 0 Å². The van der Waals surface area contributed by atoms with Gasteiger partial charge in [-0.1, -0.05) is 56.9 Å². The summed E-state index contributed by atoms with van der Waals surface area (Å²) in [7, 11) is 1.60. The molecule has 122 valence electrons. The van der Waals surface area contributed by atoms with Crippen LogP contribution in [0.25, 0.3) is 11.3 Å². The highest BCUT2D eigenvalue weighted by molar-refractivity contribution is 5.58. The second-order valence-electron chi connectivity index (χ2n) is 6.82. The highest BCUT2D eigenvalue weighted by Crippen LogP contribution is 2.31. The topological polar surface area (TPSA) is 35.0 Å². The molecule has 3 nitrogen and oxygen atoms in total. The van der Waals surface area contributed by atoms with Crippen molar-refractivity contribution >= 4 is 0 Å². The molecule has 0 saturated heterocycles. The average Bonchev–Trinajstić information content (AvgIpc) is 2.62. The van der Waals surface area contributed by atoms with Gasteiger partial charge in [0, 0.05) is 11.6 Å². The lowest BCUT2D eigenvalue weighted by atomic mass is 9.80. The summed E-state index contributed by atoms with van der Waals surface area (Å²) in [6.07, 6.45) is 8.18. The van der Waals surface area contributed by atoms with Crippen molar-refractivity contribution in [1.82, 2.24) is 10.2 Å². The molecule has 0 unspecified atom stereocenters. The van der Waals surface area contributed by atoms with Gasteiger partial charge in [0.1, 0.15) is 0 Å². The van der Waals surface area contributed by atoms with E-state index in [2.05, 4.69) is 41.4 Å². The molecule has 0 radical (unpaired) electrons. The minimum atomic E-state index is 0.548. The first-order valence-electron chi connectivity index (χ1n) is 8.71. The van der Waals surface area contributed by atoms with Crippen molar-refractivity contribution in [3.05, 3.63) is 42.0 Å². The number of rotatable bonds is 5. The monoisotopic (exact) mass is 310 g/mol. The molecular weight excluding hydrogens is 284 g/mol. The summed E-state index contributed by atoms with van der Waals surface area (Å²) in [6.45, 7) is 2.39. The Labute approximate surface area is 139 Å². The molecule has 0 N–H and O–H groups in total. The van der Waals surface area contributed by atoms with E-state index in [0.29, 0.717) is 5.88 Å². The van der Waals surface area contributed by atoms with E-state index in [1.54, 1.807) is 7.11 Å². The Bertz CT molecular complexity index is 599. The van der Waals surface area contributed by atoms with Crippen molar-refractivity contribution in [2.24, 2.45) is 11.8 Å². The first kappa shape index (κ1) is 16.0. The molecule has 3 heteroatoms. The molecule has 1 fully saturated rings. The Morgan fingerprint density at radius 1 is 0.957 bits per heavy atom. The van der Waals surface area contributed by atoms with Gasteiger partial charge in [0.2, 0.25) is 5.88 Å². The van der Waals surface area contributed by atoms with E-state index in [-0.39, 0.29) is 0 Å². The maximum Gasteiger partial charge on any atom is 0.233 e. The van der Waals surface area contributed by atoms with E-state index in [9.17, 15) is 0 Å². The van der Waals surface area contributed by atoms with E-state index in [1.807, 2.05) is 12.1 Å². The number of methoxy groups -OCH3 is 1. The molecule has 1 aromatic carbocycles. The van der Waals surface area contributed by atoms with Crippen LogP contribution in [0.1, 0.15) is 44.6 Å². The van der Waals surface area contributed by atoms with Crippen molar-refractivity contribution < 1.29 is 4.74 Å². The molecule has 1 aliphatic rings. The van der Waals surface area contributed by atoms with Gasteiger partial charge >= 0.3 is 0 Å². The molecular formula is C20H26N2O. The summed E-state index contributed by atoms with van der Waals surface area (Å²) < 4.78 is 5.05. The highest BCUT2D eigenvalue weighted by Gasteiger charge is 2.17. The lowest BCUT2D eigenvalue weighted by Gasteiger charge is -2.26. The zero-order valence-electron chi connectivity index (χ0n) is 14.2. The van der Waals surface area contributed by atoms with Crippen LogP contribution in [-0.2, 0) is 6.42 Å². The normalized spacial score (nSPS) is 21.1. The summed E-state index contributed by atoms with van der Waals surface area (Å²) >= 11 is 0. The largest absolute Gasteiger partial charge is 0.480 e. The minimum absolute atomic E-state index is 0.548. The maximum atomic E-state index is 5.05. The van der Waals surface area contributed by atoms with Gasteiger partial charge in [-0.25, -0.2) is 0 Å². The van der Waals surface area contributed by atoms with Crippen molar-refractivity contribution in [3.8, 4) is 17.1 Å². The van der Waals surface area contributed by atoms with Crippen LogP contribution in [-0.4, -0.2) is 17.3 Å². The minimum Gasteiger partial charge on any atom is -0.480 e. The van der Waals surface area contributed by atoms with Crippen LogP contribution in [0.2, 0.25) is 0 Å². The second kappa shape index (κ2) is 7.58. The van der Waals surface area contributed by atoms with E-state index in [0.717, 1.165) is 23.1 Å². The van der Waals surface area contributed by atoms with E-state index in [4.69, 9.17) is 4.74 Å². The molecule has 0 spiro atoms. The Morgan fingerprint density at radius 3 is 2.30 bits per heavy atom. The van der Waals surface area contributed by atoms with Gasteiger partial charge in [0.05, 0.1) is 12.8 Å². The first-order valence-corrected chi connectivity index (χ1v) is 8.71. The van der Waals surface area contributed by atoms with Gasteiger partial charge < -0.3 is 4.74 Å². The van der Waals surface area contributed by atoms with Gasteiger partial charge in [0.25, 0.3) is 0 Å². The molecule has 1 heterocycles. The molecule has 1 aromatic heterocycles. The Balaban J connectivity index is 1.56. The fourth-order valence-electron chi connectivity index (χ4n) is 3.41. The Morgan fingerprint density at radius 2 is 1.70 bits per heavy atom. The summed E-state index contributed by atoms with van der Waals surface area (Å²) in [5, 5.41) is 8.23. The zero-order chi connectivity index (χ0) is 16.1. The molecule has 1 aliphatic carbocycles. The summed E-state index contributed by atoms with van der Waals surface area (Å²) in [4.78, 5) is 0. The highest BCUT2D eigenvalue weighted by atomic mass is 16.5. The predicted molar refractivity (Wildman–Crippen MR) is 93.5 cm³/mol. The van der Waals surface area contributed by atoms with Crippen LogP contribution in [0.4, 0.5) is 0 Å². The maximum absolute atomic E-state index is 5.05. The van der Waals surface area contributed by atoms with Crippen LogP contribution in [0.5, 0.6) is 5.88 Å². The third-order valence-electron chi connectivity index (χ3n) is 5.08. The number of nitrogens with zero attached hydrogens (tertiary/aromatic N) is 2. The molecule has 0 bridgehead atoms. The second-order valence-corrected chi connectivity index (χ2v) is 6.82. The van der Waals surface area contributed by atoms with Crippen LogP contribution >= 0.6 is 0 Å². The number of benzene rings is 1. The van der Waals surface area contributed by atoms with Crippen molar-refractivity contribution in [3.63, 3.8) is 0 Å². The van der Waals surface area contributed by atoms with Crippen LogP contribution in [0, 0.1) is 11.8 Å². The van der Waals surface area contributed by atoms with Crippen molar-refractivity contribution in [2.75, 3.05) is 7.11 Å². The van der Waals surface area contributed by atoms with Gasteiger partial charge in [0.15, 0.2) is 0 Å². The van der Waals surface area contributed by atoms with Gasteiger partial charge in [-0.3, -0.25) is 0 Å². The molecule has 0 atom stereocenters. The molecule has 23 heavy (non-hydrogen) atoms. The smallest absolute Gasteiger partial charge is 0.233 e. The third kappa shape index (κ3) is 4.31. The zero-order valence-corrected chi connectivity index (χ0v) is 14.2. The molecule has 1 saturated carbocycles. The lowest BCUT2D eigenvalue weighted by molar-refractivity contribution is 0.278. The Kier molecular flexibility index (Phi) is 5.27. The number of aromatic nitrogens is 2. The van der Waals surface area contributed by atoms with Crippen molar-refractivity contribution in [1.29, 1.82) is 0 Å². The fraction of sp³-hybridized carbons (Fsp3) is 0.500. The summed E-state index contributed by atoms with van der Waals surface area (Å²) in [5.41, 5.74) is 3.42. The fourth-order valence-corrected chi connectivity index (χ4v) is 3.41. The van der Waals surface area contributed by atoms with Gasteiger partial charge in [-0.2, -0.15) is 0 Å². The summed E-state index contributed by atoms with van der Waals surface area (Å²) in [6, 6.07) is 12.5. The predicted octanol–water partition coefficient (Wildman–Crippen LogP) is 4.91. The Hall–Kier alpha value is -1.90. The number of hydrogen-bond acceptors (Lipinski definition) is 3. The van der Waals surface area contributed by atoms with Gasteiger partial charge in [-0.05, 0) is 36.3 Å². The standard InChI is InChI=1S/C20H26N2O/c1-15-3-5-16(6-4-15)7-8-17-9-11-18(12-10-17)19-13-14-20(23-2)22-21-19/h9-16H,3-8H2,1-2H3. The van der Waals surface area contributed by atoms with Crippen LogP contribution in [0.3, 0.4) is 0 Å². The SMILES string of the molecule is COc1ccc(-c2ccc(CCC3CCC(C)CC3)cc2)nn1. The van der Waals surface area contributed by atoms with E-state index in [1.165, 1.54) is 44.1 Å². The van der Waals surface area contributed by atoms with Crippen LogP contribution < -0.4 is 4.74 Å². The van der Waals surface area contributed by atoms with Gasteiger partial charge in [-0.15, -0.1) is 10.2 Å². The lowest BCUT2D eigenvalue weighted by Crippen LogP contribution is -2.12. The molecule has 0 aliphatic heterocycles. The number of ether oxygens (including phenoxy) is 1.